The zero-order chi connectivity index (χ0) is 23.3. The summed E-state index contributed by atoms with van der Waals surface area (Å²) in [5, 5.41) is 7.78. The van der Waals surface area contributed by atoms with Crippen LogP contribution in [0.25, 0.3) is 0 Å². The van der Waals surface area contributed by atoms with Crippen LogP contribution in [-0.4, -0.2) is 72.9 Å². The number of hydrogen-bond donors (Lipinski definition) is 1. The number of nitrogens with zero attached hydrogens (tertiary/aromatic N) is 5. The van der Waals surface area contributed by atoms with Gasteiger partial charge in [0.2, 0.25) is 16.0 Å². The molecule has 178 valence electrons. The van der Waals surface area contributed by atoms with Gasteiger partial charge in [-0.1, -0.05) is 18.0 Å². The standard InChI is InChI=1S/C19H29ClN6O5S/c1-12(16(31-4)17-21-8-14(20)9-22-17)32(27,28)25-19-24-23-18(13-6-5-7-13)26(19)15(10-29-2)11-30-3/h8-9,12-13,15-16H,5-7,10-11H2,1-4H3,(H,24,25). The zero-order valence-corrected chi connectivity index (χ0v) is 20.1. The van der Waals surface area contributed by atoms with Gasteiger partial charge in [-0.25, -0.2) is 18.4 Å². The predicted octanol–water partition coefficient (Wildman–Crippen LogP) is 2.34. The molecule has 2 heterocycles. The van der Waals surface area contributed by atoms with Crippen molar-refractivity contribution >= 4 is 27.6 Å². The molecule has 0 saturated heterocycles. The fourth-order valence-corrected chi connectivity index (χ4v) is 4.85. The lowest BCUT2D eigenvalue weighted by molar-refractivity contribution is 0.0875. The van der Waals surface area contributed by atoms with Crippen molar-refractivity contribution in [1.82, 2.24) is 24.7 Å². The molecule has 13 heteroatoms. The highest BCUT2D eigenvalue weighted by Crippen LogP contribution is 2.38. The third-order valence-electron chi connectivity index (χ3n) is 5.57. The summed E-state index contributed by atoms with van der Waals surface area (Å²) < 4.78 is 47.0. The monoisotopic (exact) mass is 488 g/mol. The van der Waals surface area contributed by atoms with Crippen LogP contribution >= 0.6 is 11.6 Å². The topological polar surface area (TPSA) is 130 Å². The zero-order valence-electron chi connectivity index (χ0n) is 18.6. The second-order valence-electron chi connectivity index (χ2n) is 7.71. The largest absolute Gasteiger partial charge is 0.382 e. The number of aromatic nitrogens is 5. The number of hydrogen-bond acceptors (Lipinski definition) is 9. The van der Waals surface area contributed by atoms with E-state index in [1.807, 2.05) is 0 Å². The fraction of sp³-hybridized carbons (Fsp3) is 0.684. The second-order valence-corrected chi connectivity index (χ2v) is 10.2. The van der Waals surface area contributed by atoms with Crippen LogP contribution in [0.5, 0.6) is 0 Å². The minimum absolute atomic E-state index is 0.115. The van der Waals surface area contributed by atoms with Crippen molar-refractivity contribution in [2.45, 2.75) is 49.5 Å². The van der Waals surface area contributed by atoms with Crippen molar-refractivity contribution in [3.63, 3.8) is 0 Å². The highest BCUT2D eigenvalue weighted by Gasteiger charge is 2.36. The first kappa shape index (κ1) is 24.8. The van der Waals surface area contributed by atoms with Crippen LogP contribution in [0.3, 0.4) is 0 Å². The van der Waals surface area contributed by atoms with Crippen LogP contribution < -0.4 is 4.72 Å². The maximum atomic E-state index is 13.3. The molecule has 1 aliphatic rings. The number of sulfonamides is 1. The third kappa shape index (κ3) is 5.37. The summed E-state index contributed by atoms with van der Waals surface area (Å²) in [7, 11) is 0.600. The van der Waals surface area contributed by atoms with Gasteiger partial charge in [0, 0.05) is 39.6 Å². The molecule has 1 saturated carbocycles. The van der Waals surface area contributed by atoms with E-state index in [9.17, 15) is 8.42 Å². The van der Waals surface area contributed by atoms with Gasteiger partial charge in [0.15, 0.2) is 5.82 Å². The molecule has 32 heavy (non-hydrogen) atoms. The van der Waals surface area contributed by atoms with Crippen molar-refractivity contribution in [3.05, 3.63) is 29.1 Å². The lowest BCUT2D eigenvalue weighted by atomic mass is 9.84. The van der Waals surface area contributed by atoms with Gasteiger partial charge in [-0.3, -0.25) is 9.29 Å². The summed E-state index contributed by atoms with van der Waals surface area (Å²) >= 11 is 5.84. The van der Waals surface area contributed by atoms with E-state index in [1.54, 1.807) is 18.8 Å². The Hall–Kier alpha value is -1.86. The highest BCUT2D eigenvalue weighted by molar-refractivity contribution is 7.93. The van der Waals surface area contributed by atoms with Gasteiger partial charge in [0.25, 0.3) is 0 Å². The molecule has 11 nitrogen and oxygen atoms in total. The molecular formula is C19H29ClN6O5S. The molecule has 0 amide bonds. The number of nitrogens with one attached hydrogen (secondary N) is 1. The molecule has 3 rings (SSSR count). The Morgan fingerprint density at radius 2 is 1.78 bits per heavy atom. The summed E-state index contributed by atoms with van der Waals surface area (Å²) in [6.45, 7) is 2.15. The Morgan fingerprint density at radius 3 is 2.28 bits per heavy atom. The Labute approximate surface area is 192 Å². The number of methoxy groups -OCH3 is 3. The minimum atomic E-state index is -3.96. The van der Waals surface area contributed by atoms with Crippen LogP contribution in [0, 0.1) is 0 Å². The molecule has 0 aliphatic heterocycles. The number of ether oxygens (including phenoxy) is 3. The van der Waals surface area contributed by atoms with Gasteiger partial charge < -0.3 is 14.2 Å². The van der Waals surface area contributed by atoms with Gasteiger partial charge in [0.1, 0.15) is 17.2 Å². The third-order valence-corrected chi connectivity index (χ3v) is 7.46. The normalized spacial score (nSPS) is 16.7. The van der Waals surface area contributed by atoms with E-state index in [0.29, 0.717) is 18.2 Å². The number of rotatable bonds is 12. The molecule has 0 bridgehead atoms. The van der Waals surface area contributed by atoms with Crippen LogP contribution in [0.15, 0.2) is 12.4 Å². The van der Waals surface area contributed by atoms with E-state index in [1.165, 1.54) is 26.4 Å². The molecule has 2 aromatic heterocycles. The van der Waals surface area contributed by atoms with Crippen LogP contribution in [0.2, 0.25) is 5.02 Å². The molecule has 2 unspecified atom stereocenters. The van der Waals surface area contributed by atoms with Crippen molar-refractivity contribution in [2.24, 2.45) is 0 Å². The SMILES string of the molecule is COCC(COC)n1c(NS(=O)(=O)C(C)C(OC)c2ncc(Cl)cn2)nnc1C1CCC1. The molecule has 0 aromatic carbocycles. The summed E-state index contributed by atoms with van der Waals surface area (Å²) in [5.74, 6) is 1.28. The van der Waals surface area contributed by atoms with E-state index in [2.05, 4.69) is 24.9 Å². The van der Waals surface area contributed by atoms with Crippen molar-refractivity contribution in [1.29, 1.82) is 0 Å². The lowest BCUT2D eigenvalue weighted by Gasteiger charge is -2.29. The van der Waals surface area contributed by atoms with Gasteiger partial charge in [0.05, 0.1) is 24.3 Å². The van der Waals surface area contributed by atoms with E-state index >= 15 is 0 Å². The highest BCUT2D eigenvalue weighted by atomic mass is 35.5. The molecule has 1 aliphatic carbocycles. The van der Waals surface area contributed by atoms with Crippen LogP contribution in [0.4, 0.5) is 5.95 Å². The molecule has 2 aromatic rings. The molecule has 0 radical (unpaired) electrons. The minimum Gasteiger partial charge on any atom is -0.382 e. The lowest BCUT2D eigenvalue weighted by Crippen LogP contribution is -2.34. The number of anilines is 1. The smallest absolute Gasteiger partial charge is 0.240 e. The molecule has 2 atom stereocenters. The summed E-state index contributed by atoms with van der Waals surface area (Å²) in [6.07, 6.45) is 4.93. The van der Waals surface area contributed by atoms with E-state index < -0.39 is 21.4 Å². The molecular weight excluding hydrogens is 460 g/mol. The first-order valence-corrected chi connectivity index (χ1v) is 12.2. The maximum Gasteiger partial charge on any atom is 0.240 e. The Balaban J connectivity index is 1.91. The van der Waals surface area contributed by atoms with Crippen molar-refractivity contribution < 1.29 is 22.6 Å². The quantitative estimate of drug-likeness (QED) is 0.478. The van der Waals surface area contributed by atoms with Crippen LogP contribution in [-0.2, 0) is 24.2 Å². The first-order chi connectivity index (χ1) is 15.3. The fourth-order valence-electron chi connectivity index (χ4n) is 3.62. The summed E-state index contributed by atoms with van der Waals surface area (Å²) in [6, 6.07) is -0.290. The molecule has 0 spiro atoms. The Bertz CT molecular complexity index is 977. The number of halogens is 1. The Kier molecular flexibility index (Phi) is 8.39. The van der Waals surface area contributed by atoms with Gasteiger partial charge in [-0.15, -0.1) is 10.2 Å². The maximum absolute atomic E-state index is 13.3. The molecule has 1 N–H and O–H groups in total. The summed E-state index contributed by atoms with van der Waals surface area (Å²) in [5.41, 5.74) is 0. The van der Waals surface area contributed by atoms with E-state index in [0.717, 1.165) is 25.1 Å². The molecule has 1 fully saturated rings. The summed E-state index contributed by atoms with van der Waals surface area (Å²) in [4.78, 5) is 8.21. The average molecular weight is 489 g/mol. The Morgan fingerprint density at radius 1 is 1.16 bits per heavy atom. The van der Waals surface area contributed by atoms with Crippen LogP contribution in [0.1, 0.15) is 55.9 Å². The average Bonchev–Trinajstić information content (AvgIpc) is 3.10. The van der Waals surface area contributed by atoms with Gasteiger partial charge in [-0.2, -0.15) is 0 Å². The van der Waals surface area contributed by atoms with E-state index in [4.69, 9.17) is 25.8 Å². The van der Waals surface area contributed by atoms with Crippen molar-refractivity contribution in [3.8, 4) is 0 Å². The second kappa shape index (κ2) is 10.8. The van der Waals surface area contributed by atoms with Gasteiger partial charge in [-0.05, 0) is 19.8 Å². The van der Waals surface area contributed by atoms with Gasteiger partial charge >= 0.3 is 0 Å². The predicted molar refractivity (Wildman–Crippen MR) is 118 cm³/mol. The first-order valence-electron chi connectivity index (χ1n) is 10.3. The van der Waals surface area contributed by atoms with Crippen molar-refractivity contribution in [2.75, 3.05) is 39.3 Å². The van der Waals surface area contributed by atoms with E-state index in [-0.39, 0.29) is 23.7 Å².